The maximum absolute atomic E-state index is 13.7. The Morgan fingerprint density at radius 2 is 1.53 bits per heavy atom. The SMILES string of the molecule is COc1ccc(NS(=O)(=O)c2cc(NC(=O)c3ccc(C)c(F)c3)ccc2C)cc1. The second-order valence-electron chi connectivity index (χ2n) is 6.73. The van der Waals surface area contributed by atoms with Gasteiger partial charge in [-0.1, -0.05) is 12.1 Å². The summed E-state index contributed by atoms with van der Waals surface area (Å²) in [6.45, 7) is 3.26. The molecule has 0 aliphatic rings. The molecule has 0 spiro atoms. The first kappa shape index (κ1) is 21.3. The molecule has 3 rings (SSSR count). The Hall–Kier alpha value is -3.39. The third-order valence-electron chi connectivity index (χ3n) is 4.51. The molecule has 156 valence electrons. The Bertz CT molecular complexity index is 1190. The fourth-order valence-electron chi connectivity index (χ4n) is 2.77. The number of ether oxygens (including phenoxy) is 1. The first-order valence-electron chi connectivity index (χ1n) is 9.04. The molecule has 3 aromatic rings. The van der Waals surface area contributed by atoms with E-state index in [1.54, 1.807) is 50.2 Å². The minimum absolute atomic E-state index is 0.0196. The number of benzene rings is 3. The molecule has 6 nitrogen and oxygen atoms in total. The van der Waals surface area contributed by atoms with E-state index in [9.17, 15) is 17.6 Å². The molecule has 0 saturated heterocycles. The Morgan fingerprint density at radius 1 is 0.900 bits per heavy atom. The van der Waals surface area contributed by atoms with E-state index >= 15 is 0 Å². The van der Waals surface area contributed by atoms with Crippen LogP contribution in [0.25, 0.3) is 0 Å². The van der Waals surface area contributed by atoms with Crippen LogP contribution in [0.1, 0.15) is 21.5 Å². The summed E-state index contributed by atoms with van der Waals surface area (Å²) >= 11 is 0. The fraction of sp³-hybridized carbons (Fsp3) is 0.136. The number of sulfonamides is 1. The smallest absolute Gasteiger partial charge is 0.262 e. The van der Waals surface area contributed by atoms with Gasteiger partial charge in [-0.3, -0.25) is 9.52 Å². The molecule has 0 heterocycles. The summed E-state index contributed by atoms with van der Waals surface area (Å²) in [4.78, 5) is 12.4. The Kier molecular flexibility index (Phi) is 6.07. The van der Waals surface area contributed by atoms with Crippen molar-refractivity contribution in [1.29, 1.82) is 0 Å². The molecule has 0 aliphatic heterocycles. The topological polar surface area (TPSA) is 84.5 Å². The van der Waals surface area contributed by atoms with Gasteiger partial charge in [-0.05, 0) is 73.5 Å². The number of rotatable bonds is 6. The van der Waals surface area contributed by atoms with Crippen LogP contribution in [0.4, 0.5) is 15.8 Å². The van der Waals surface area contributed by atoms with E-state index in [0.717, 1.165) is 6.07 Å². The highest BCUT2D eigenvalue weighted by Crippen LogP contribution is 2.24. The molecular formula is C22H21FN2O4S. The maximum Gasteiger partial charge on any atom is 0.262 e. The molecule has 2 N–H and O–H groups in total. The number of hydrogen-bond donors (Lipinski definition) is 2. The molecule has 0 aliphatic carbocycles. The van der Waals surface area contributed by atoms with Crippen molar-refractivity contribution in [3.05, 3.63) is 83.2 Å². The number of anilines is 2. The highest BCUT2D eigenvalue weighted by Gasteiger charge is 2.19. The monoisotopic (exact) mass is 428 g/mol. The molecule has 0 radical (unpaired) electrons. The average Bonchev–Trinajstić information content (AvgIpc) is 2.71. The van der Waals surface area contributed by atoms with Gasteiger partial charge in [0, 0.05) is 16.9 Å². The molecule has 0 unspecified atom stereocenters. The molecule has 0 bridgehead atoms. The molecule has 3 aromatic carbocycles. The summed E-state index contributed by atoms with van der Waals surface area (Å²) < 4.78 is 47.0. The van der Waals surface area contributed by atoms with Crippen LogP contribution in [0.3, 0.4) is 0 Å². The molecule has 0 atom stereocenters. The van der Waals surface area contributed by atoms with Crippen molar-refractivity contribution in [1.82, 2.24) is 0 Å². The second kappa shape index (κ2) is 8.54. The zero-order valence-corrected chi connectivity index (χ0v) is 17.5. The van der Waals surface area contributed by atoms with Crippen molar-refractivity contribution in [2.24, 2.45) is 0 Å². The first-order valence-corrected chi connectivity index (χ1v) is 10.5. The van der Waals surface area contributed by atoms with E-state index in [4.69, 9.17) is 4.74 Å². The maximum atomic E-state index is 13.7. The summed E-state index contributed by atoms with van der Waals surface area (Å²) in [6, 6.07) is 15.2. The highest BCUT2D eigenvalue weighted by atomic mass is 32.2. The van der Waals surface area contributed by atoms with Gasteiger partial charge in [0.25, 0.3) is 15.9 Å². The minimum Gasteiger partial charge on any atom is -0.497 e. The van der Waals surface area contributed by atoms with Crippen LogP contribution in [0, 0.1) is 19.7 Å². The lowest BCUT2D eigenvalue weighted by molar-refractivity contribution is 0.102. The van der Waals surface area contributed by atoms with E-state index in [-0.39, 0.29) is 16.1 Å². The lowest BCUT2D eigenvalue weighted by Gasteiger charge is -2.13. The van der Waals surface area contributed by atoms with Crippen molar-refractivity contribution in [3.8, 4) is 5.75 Å². The van der Waals surface area contributed by atoms with Crippen molar-refractivity contribution in [2.75, 3.05) is 17.1 Å². The Morgan fingerprint density at radius 3 is 2.17 bits per heavy atom. The fourth-order valence-corrected chi connectivity index (χ4v) is 4.10. The number of amides is 1. The van der Waals surface area contributed by atoms with Crippen molar-refractivity contribution >= 4 is 27.3 Å². The molecule has 8 heteroatoms. The summed E-state index contributed by atoms with van der Waals surface area (Å²) in [5, 5.41) is 2.61. The first-order chi connectivity index (χ1) is 14.2. The Labute approximate surface area is 174 Å². The molecule has 30 heavy (non-hydrogen) atoms. The van der Waals surface area contributed by atoms with Crippen LogP contribution in [0.15, 0.2) is 65.6 Å². The van der Waals surface area contributed by atoms with Gasteiger partial charge in [0.1, 0.15) is 11.6 Å². The Balaban J connectivity index is 1.84. The van der Waals surface area contributed by atoms with Crippen molar-refractivity contribution < 1.29 is 22.3 Å². The molecule has 0 saturated carbocycles. The summed E-state index contributed by atoms with van der Waals surface area (Å²) in [7, 11) is -2.38. The van der Waals surface area contributed by atoms with Crippen LogP contribution in [-0.2, 0) is 10.0 Å². The van der Waals surface area contributed by atoms with Gasteiger partial charge in [0.15, 0.2) is 0 Å². The van der Waals surface area contributed by atoms with Gasteiger partial charge < -0.3 is 10.1 Å². The van der Waals surface area contributed by atoms with Crippen LogP contribution < -0.4 is 14.8 Å². The molecule has 1 amide bonds. The third kappa shape index (κ3) is 4.77. The lowest BCUT2D eigenvalue weighted by Crippen LogP contribution is -2.16. The van der Waals surface area contributed by atoms with E-state index in [1.807, 2.05) is 0 Å². The van der Waals surface area contributed by atoms with Crippen molar-refractivity contribution in [3.63, 3.8) is 0 Å². The average molecular weight is 428 g/mol. The number of methoxy groups -OCH3 is 1. The number of aryl methyl sites for hydroxylation is 2. The minimum atomic E-state index is -3.90. The molecule has 0 aromatic heterocycles. The van der Waals surface area contributed by atoms with Crippen LogP contribution >= 0.6 is 0 Å². The normalized spacial score (nSPS) is 11.1. The van der Waals surface area contributed by atoms with E-state index in [0.29, 0.717) is 22.6 Å². The zero-order chi connectivity index (χ0) is 21.9. The lowest BCUT2D eigenvalue weighted by atomic mass is 10.1. The highest BCUT2D eigenvalue weighted by molar-refractivity contribution is 7.92. The largest absolute Gasteiger partial charge is 0.497 e. The van der Waals surface area contributed by atoms with Gasteiger partial charge >= 0.3 is 0 Å². The predicted molar refractivity (Wildman–Crippen MR) is 114 cm³/mol. The summed E-state index contributed by atoms with van der Waals surface area (Å²) in [5.41, 5.74) is 1.73. The second-order valence-corrected chi connectivity index (χ2v) is 8.38. The quantitative estimate of drug-likeness (QED) is 0.605. The summed E-state index contributed by atoms with van der Waals surface area (Å²) in [5.74, 6) is -0.422. The number of carbonyl (C=O) groups excluding carboxylic acids is 1. The van der Waals surface area contributed by atoms with Gasteiger partial charge in [0.05, 0.1) is 12.0 Å². The molecule has 0 fully saturated rings. The van der Waals surface area contributed by atoms with Gasteiger partial charge in [-0.15, -0.1) is 0 Å². The van der Waals surface area contributed by atoms with E-state index in [2.05, 4.69) is 10.0 Å². The number of nitrogens with one attached hydrogen (secondary N) is 2. The standard InChI is InChI=1S/C22H21FN2O4S/c1-14-4-6-16(12-20(14)23)22(26)24-18-7-5-15(2)21(13-18)30(27,28)25-17-8-10-19(29-3)11-9-17/h4-13,25H,1-3H3,(H,24,26). The van der Waals surface area contributed by atoms with Crippen LogP contribution in [0.5, 0.6) is 5.75 Å². The van der Waals surface area contributed by atoms with Gasteiger partial charge in [-0.25, -0.2) is 12.8 Å². The predicted octanol–water partition coefficient (Wildman–Crippen LogP) is 4.50. The van der Waals surface area contributed by atoms with Gasteiger partial charge in [0.2, 0.25) is 0 Å². The summed E-state index contributed by atoms with van der Waals surface area (Å²) in [6.07, 6.45) is 0. The van der Waals surface area contributed by atoms with E-state index in [1.165, 1.54) is 25.3 Å². The third-order valence-corrected chi connectivity index (χ3v) is 6.04. The van der Waals surface area contributed by atoms with Crippen LogP contribution in [0.2, 0.25) is 0 Å². The number of halogens is 1. The number of carbonyl (C=O) groups is 1. The van der Waals surface area contributed by atoms with E-state index < -0.39 is 21.7 Å². The zero-order valence-electron chi connectivity index (χ0n) is 16.7. The van der Waals surface area contributed by atoms with Gasteiger partial charge in [-0.2, -0.15) is 0 Å². The van der Waals surface area contributed by atoms with Crippen LogP contribution in [-0.4, -0.2) is 21.4 Å². The number of hydrogen-bond acceptors (Lipinski definition) is 4. The molecular weight excluding hydrogens is 407 g/mol. The van der Waals surface area contributed by atoms with Crippen molar-refractivity contribution in [2.45, 2.75) is 18.7 Å².